The molecule has 3 N–H and O–H groups in total. The average Bonchev–Trinajstić information content (AvgIpc) is 3.32. The SMILES string of the molecule is CC(CCCO)NC(=O)c1cc(C2CC2)nc2c1c(=O)[nH]n2C. The van der Waals surface area contributed by atoms with Gasteiger partial charge in [0.05, 0.1) is 10.9 Å². The maximum atomic E-state index is 12.6. The first-order chi connectivity index (χ1) is 11.0. The van der Waals surface area contributed by atoms with E-state index in [0.717, 1.165) is 18.5 Å². The minimum atomic E-state index is -0.300. The number of aromatic amines is 1. The summed E-state index contributed by atoms with van der Waals surface area (Å²) in [6, 6.07) is 1.69. The van der Waals surface area contributed by atoms with Crippen LogP contribution in [0.25, 0.3) is 11.0 Å². The van der Waals surface area contributed by atoms with Gasteiger partial charge in [-0.05, 0) is 38.7 Å². The molecule has 0 aromatic carbocycles. The Morgan fingerprint density at radius 2 is 2.30 bits per heavy atom. The van der Waals surface area contributed by atoms with Crippen LogP contribution < -0.4 is 10.9 Å². The number of aliphatic hydroxyl groups is 1. The smallest absolute Gasteiger partial charge is 0.274 e. The van der Waals surface area contributed by atoms with Gasteiger partial charge >= 0.3 is 0 Å². The molecule has 1 aliphatic rings. The van der Waals surface area contributed by atoms with E-state index in [4.69, 9.17) is 5.11 Å². The van der Waals surface area contributed by atoms with E-state index >= 15 is 0 Å². The van der Waals surface area contributed by atoms with Crippen LogP contribution in [0, 0.1) is 0 Å². The van der Waals surface area contributed by atoms with Gasteiger partial charge in [-0.15, -0.1) is 0 Å². The number of hydrogen-bond acceptors (Lipinski definition) is 4. The number of hydrogen-bond donors (Lipinski definition) is 3. The molecule has 1 saturated carbocycles. The van der Waals surface area contributed by atoms with Gasteiger partial charge in [-0.25, -0.2) is 4.98 Å². The lowest BCUT2D eigenvalue weighted by Crippen LogP contribution is -2.33. The Bertz CT molecular complexity index is 788. The average molecular weight is 318 g/mol. The number of aryl methyl sites for hydroxylation is 1. The predicted molar refractivity (Wildman–Crippen MR) is 86.6 cm³/mol. The lowest BCUT2D eigenvalue weighted by molar-refractivity contribution is 0.0938. The summed E-state index contributed by atoms with van der Waals surface area (Å²) in [4.78, 5) is 29.3. The molecule has 0 bridgehead atoms. The van der Waals surface area contributed by atoms with Crippen LogP contribution in [-0.4, -0.2) is 38.4 Å². The van der Waals surface area contributed by atoms with E-state index in [1.807, 2.05) is 6.92 Å². The highest BCUT2D eigenvalue weighted by molar-refractivity contribution is 6.05. The number of carbonyl (C=O) groups excluding carboxylic acids is 1. The second kappa shape index (κ2) is 6.16. The van der Waals surface area contributed by atoms with Crippen molar-refractivity contribution in [3.63, 3.8) is 0 Å². The van der Waals surface area contributed by atoms with Gasteiger partial charge in [-0.1, -0.05) is 0 Å². The van der Waals surface area contributed by atoms with E-state index in [2.05, 4.69) is 15.4 Å². The Morgan fingerprint density at radius 3 is 2.96 bits per heavy atom. The molecule has 1 fully saturated rings. The van der Waals surface area contributed by atoms with E-state index < -0.39 is 0 Å². The third-order valence-electron chi connectivity index (χ3n) is 4.25. The van der Waals surface area contributed by atoms with E-state index in [0.29, 0.717) is 35.4 Å². The third-order valence-corrected chi connectivity index (χ3v) is 4.25. The topological polar surface area (TPSA) is 100 Å². The molecule has 3 rings (SSSR count). The van der Waals surface area contributed by atoms with Gasteiger partial charge in [0.2, 0.25) is 0 Å². The summed E-state index contributed by atoms with van der Waals surface area (Å²) < 4.78 is 1.56. The Labute approximate surface area is 133 Å². The molecule has 1 aliphatic carbocycles. The summed E-state index contributed by atoms with van der Waals surface area (Å²) in [5.41, 5.74) is 1.48. The summed E-state index contributed by atoms with van der Waals surface area (Å²) in [5, 5.41) is 14.8. The zero-order valence-corrected chi connectivity index (χ0v) is 13.4. The van der Waals surface area contributed by atoms with Gasteiger partial charge in [-0.3, -0.25) is 19.4 Å². The third kappa shape index (κ3) is 3.14. The number of aliphatic hydroxyl groups excluding tert-OH is 1. The summed E-state index contributed by atoms with van der Waals surface area (Å²) in [6.45, 7) is 1.99. The van der Waals surface area contributed by atoms with E-state index in [1.165, 1.54) is 0 Å². The highest BCUT2D eigenvalue weighted by Crippen LogP contribution is 2.39. The number of rotatable bonds is 6. The minimum Gasteiger partial charge on any atom is -0.396 e. The Kier molecular flexibility index (Phi) is 4.21. The van der Waals surface area contributed by atoms with E-state index in [-0.39, 0.29) is 24.1 Å². The molecule has 7 nitrogen and oxygen atoms in total. The second-order valence-corrected chi connectivity index (χ2v) is 6.31. The highest BCUT2D eigenvalue weighted by atomic mass is 16.3. The fraction of sp³-hybridized carbons (Fsp3) is 0.562. The first-order valence-corrected chi connectivity index (χ1v) is 8.02. The van der Waals surface area contributed by atoms with Crippen LogP contribution in [0.1, 0.15) is 54.6 Å². The molecular formula is C16H22N4O3. The fourth-order valence-electron chi connectivity index (χ4n) is 2.82. The normalized spacial score (nSPS) is 15.8. The lowest BCUT2D eigenvalue weighted by atomic mass is 10.1. The number of amides is 1. The Balaban J connectivity index is 1.98. The number of nitrogens with one attached hydrogen (secondary N) is 2. The molecule has 7 heteroatoms. The highest BCUT2D eigenvalue weighted by Gasteiger charge is 2.28. The van der Waals surface area contributed by atoms with E-state index in [1.54, 1.807) is 17.8 Å². The quantitative estimate of drug-likeness (QED) is 0.740. The fourth-order valence-corrected chi connectivity index (χ4v) is 2.82. The molecule has 0 radical (unpaired) electrons. The van der Waals surface area contributed by atoms with Crippen molar-refractivity contribution in [1.82, 2.24) is 20.1 Å². The molecule has 1 amide bonds. The molecule has 1 unspecified atom stereocenters. The molecular weight excluding hydrogens is 296 g/mol. The summed E-state index contributed by atoms with van der Waals surface area (Å²) in [5.74, 6) is 0.129. The van der Waals surface area contributed by atoms with Crippen LogP contribution in [0.15, 0.2) is 10.9 Å². The standard InChI is InChI=1S/C16H22N4O3/c1-9(4-3-7-21)17-15(22)11-8-12(10-5-6-10)18-14-13(11)16(23)19-20(14)2/h8-10,21H,3-7H2,1-2H3,(H,17,22)(H,19,23). The van der Waals surface area contributed by atoms with Crippen LogP contribution in [0.5, 0.6) is 0 Å². The first kappa shape index (κ1) is 15.7. The van der Waals surface area contributed by atoms with Crippen molar-refractivity contribution in [3.05, 3.63) is 27.7 Å². The van der Waals surface area contributed by atoms with Crippen LogP contribution in [0.2, 0.25) is 0 Å². The predicted octanol–water partition coefficient (Wildman–Crippen LogP) is 1.03. The first-order valence-electron chi connectivity index (χ1n) is 8.02. The maximum absolute atomic E-state index is 12.6. The number of pyridine rings is 1. The van der Waals surface area contributed by atoms with Crippen molar-refractivity contribution in [2.24, 2.45) is 7.05 Å². The zero-order chi connectivity index (χ0) is 16.6. The second-order valence-electron chi connectivity index (χ2n) is 6.31. The lowest BCUT2D eigenvalue weighted by Gasteiger charge is -2.14. The number of carbonyl (C=O) groups is 1. The van der Waals surface area contributed by atoms with Gasteiger partial charge in [0.15, 0.2) is 5.65 Å². The minimum absolute atomic E-state index is 0.0648. The van der Waals surface area contributed by atoms with Gasteiger partial charge in [0.1, 0.15) is 0 Å². The van der Waals surface area contributed by atoms with Crippen LogP contribution in [0.3, 0.4) is 0 Å². The Hall–Kier alpha value is -2.15. The molecule has 124 valence electrons. The molecule has 0 aliphatic heterocycles. The monoisotopic (exact) mass is 318 g/mol. The van der Waals surface area contributed by atoms with Gasteiger partial charge < -0.3 is 10.4 Å². The summed E-state index contributed by atoms with van der Waals surface area (Å²) in [7, 11) is 1.72. The van der Waals surface area contributed by atoms with Gasteiger partial charge in [0, 0.05) is 31.3 Å². The van der Waals surface area contributed by atoms with Crippen molar-refractivity contribution >= 4 is 16.9 Å². The largest absolute Gasteiger partial charge is 0.396 e. The van der Waals surface area contributed by atoms with Gasteiger partial charge in [-0.2, -0.15) is 0 Å². The molecule has 2 aromatic rings. The molecule has 0 spiro atoms. The van der Waals surface area contributed by atoms with Gasteiger partial charge in [0.25, 0.3) is 11.5 Å². The number of nitrogens with zero attached hydrogens (tertiary/aromatic N) is 2. The molecule has 0 saturated heterocycles. The summed E-state index contributed by atoms with van der Waals surface area (Å²) >= 11 is 0. The van der Waals surface area contributed by atoms with Crippen LogP contribution in [-0.2, 0) is 7.05 Å². The van der Waals surface area contributed by atoms with Crippen molar-refractivity contribution in [2.75, 3.05) is 6.61 Å². The molecule has 23 heavy (non-hydrogen) atoms. The van der Waals surface area contributed by atoms with E-state index in [9.17, 15) is 9.59 Å². The molecule has 2 aromatic heterocycles. The number of aromatic nitrogens is 3. The van der Waals surface area contributed by atoms with Crippen LogP contribution >= 0.6 is 0 Å². The maximum Gasteiger partial charge on any atom is 0.274 e. The van der Waals surface area contributed by atoms with Crippen molar-refractivity contribution in [2.45, 2.75) is 44.6 Å². The van der Waals surface area contributed by atoms with Crippen molar-refractivity contribution in [1.29, 1.82) is 0 Å². The van der Waals surface area contributed by atoms with Crippen molar-refractivity contribution in [3.8, 4) is 0 Å². The molecule has 1 atom stereocenters. The number of H-pyrrole nitrogens is 1. The van der Waals surface area contributed by atoms with Crippen LogP contribution in [0.4, 0.5) is 0 Å². The Morgan fingerprint density at radius 1 is 1.57 bits per heavy atom. The summed E-state index contributed by atoms with van der Waals surface area (Å²) in [6.07, 6.45) is 3.47. The van der Waals surface area contributed by atoms with Crippen molar-refractivity contribution < 1.29 is 9.90 Å². The zero-order valence-electron chi connectivity index (χ0n) is 13.4. The molecule has 2 heterocycles. The number of fused-ring (bicyclic) bond motifs is 1.